The van der Waals surface area contributed by atoms with Crippen LogP contribution in [0.1, 0.15) is 19.8 Å². The van der Waals surface area contributed by atoms with Crippen molar-refractivity contribution in [2.75, 3.05) is 13.6 Å². The van der Waals surface area contributed by atoms with Crippen molar-refractivity contribution in [1.29, 1.82) is 0 Å². The molecule has 2 N–H and O–H groups in total. The van der Waals surface area contributed by atoms with Crippen LogP contribution in [0.4, 0.5) is 0 Å². The lowest BCUT2D eigenvalue weighted by Gasteiger charge is -2.27. The van der Waals surface area contributed by atoms with Gasteiger partial charge in [0.1, 0.15) is 0 Å². The molecule has 0 aromatic carbocycles. The van der Waals surface area contributed by atoms with E-state index in [2.05, 4.69) is 17.6 Å². The molecule has 1 aliphatic heterocycles. The second-order valence-electron chi connectivity index (χ2n) is 2.87. The van der Waals surface area contributed by atoms with Crippen molar-refractivity contribution >= 4 is 0 Å². The summed E-state index contributed by atoms with van der Waals surface area (Å²) in [5.41, 5.74) is 0. The summed E-state index contributed by atoms with van der Waals surface area (Å²) in [6.45, 7) is 3.41. The Morgan fingerprint density at radius 3 is 2.78 bits per heavy atom. The van der Waals surface area contributed by atoms with Gasteiger partial charge in [-0.05, 0) is 33.4 Å². The molecule has 0 bridgehead atoms. The molecule has 0 aromatic heterocycles. The highest BCUT2D eigenvalue weighted by Gasteiger charge is 2.15. The number of rotatable bonds is 1. The molecule has 1 saturated heterocycles. The van der Waals surface area contributed by atoms with Crippen LogP contribution in [0.5, 0.6) is 0 Å². The highest BCUT2D eigenvalue weighted by Crippen LogP contribution is 2.06. The van der Waals surface area contributed by atoms with Gasteiger partial charge < -0.3 is 10.6 Å². The van der Waals surface area contributed by atoms with Crippen LogP contribution in [0.3, 0.4) is 0 Å². The standard InChI is InChI=1S/C7H16N2/c1-6-5-7(8-2)3-4-9-6/h6-9H,3-5H2,1-2H3. The van der Waals surface area contributed by atoms with E-state index in [1.54, 1.807) is 0 Å². The number of hydrogen-bond donors (Lipinski definition) is 2. The van der Waals surface area contributed by atoms with Crippen molar-refractivity contribution in [2.45, 2.75) is 31.8 Å². The molecule has 0 aliphatic carbocycles. The second-order valence-corrected chi connectivity index (χ2v) is 2.87. The molecule has 1 heterocycles. The fraction of sp³-hybridized carbons (Fsp3) is 1.00. The second kappa shape index (κ2) is 3.18. The van der Waals surface area contributed by atoms with Gasteiger partial charge in [0, 0.05) is 12.1 Å². The summed E-state index contributed by atoms with van der Waals surface area (Å²) >= 11 is 0. The first-order chi connectivity index (χ1) is 4.33. The quantitative estimate of drug-likeness (QED) is 0.532. The third-order valence-corrected chi connectivity index (χ3v) is 2.03. The van der Waals surface area contributed by atoms with Gasteiger partial charge in [-0.2, -0.15) is 0 Å². The average molecular weight is 128 g/mol. The van der Waals surface area contributed by atoms with Crippen molar-refractivity contribution in [3.63, 3.8) is 0 Å². The van der Waals surface area contributed by atoms with Gasteiger partial charge in [0.15, 0.2) is 0 Å². The van der Waals surface area contributed by atoms with Crippen LogP contribution in [0.25, 0.3) is 0 Å². The minimum absolute atomic E-state index is 0.705. The first kappa shape index (κ1) is 7.03. The minimum atomic E-state index is 0.705. The van der Waals surface area contributed by atoms with Gasteiger partial charge in [0.25, 0.3) is 0 Å². The smallest absolute Gasteiger partial charge is 0.00908 e. The maximum atomic E-state index is 3.41. The SMILES string of the molecule is CNC1CCNC(C)C1. The maximum absolute atomic E-state index is 3.41. The zero-order chi connectivity index (χ0) is 6.69. The Bertz CT molecular complexity index is 83.0. The summed E-state index contributed by atoms with van der Waals surface area (Å²) in [5.74, 6) is 0. The summed E-state index contributed by atoms with van der Waals surface area (Å²) in [7, 11) is 2.04. The fourth-order valence-corrected chi connectivity index (χ4v) is 1.39. The Morgan fingerprint density at radius 1 is 1.56 bits per heavy atom. The van der Waals surface area contributed by atoms with Gasteiger partial charge in [-0.3, -0.25) is 0 Å². The molecular weight excluding hydrogens is 112 g/mol. The summed E-state index contributed by atoms with van der Waals surface area (Å²) in [6.07, 6.45) is 2.55. The van der Waals surface area contributed by atoms with Crippen LogP contribution in [-0.2, 0) is 0 Å². The maximum Gasteiger partial charge on any atom is 0.00908 e. The molecule has 1 aliphatic rings. The summed E-state index contributed by atoms with van der Waals surface area (Å²) in [4.78, 5) is 0. The Balaban J connectivity index is 2.23. The molecule has 2 unspecified atom stereocenters. The van der Waals surface area contributed by atoms with Gasteiger partial charge in [0.2, 0.25) is 0 Å². The Kier molecular flexibility index (Phi) is 2.49. The zero-order valence-electron chi connectivity index (χ0n) is 6.28. The van der Waals surface area contributed by atoms with E-state index in [-0.39, 0.29) is 0 Å². The van der Waals surface area contributed by atoms with E-state index in [1.165, 1.54) is 19.4 Å². The van der Waals surface area contributed by atoms with Crippen LogP contribution < -0.4 is 10.6 Å². The van der Waals surface area contributed by atoms with Crippen LogP contribution >= 0.6 is 0 Å². The third-order valence-electron chi connectivity index (χ3n) is 2.03. The third kappa shape index (κ3) is 1.95. The topological polar surface area (TPSA) is 24.1 Å². The molecule has 9 heavy (non-hydrogen) atoms. The molecule has 54 valence electrons. The lowest BCUT2D eigenvalue weighted by Crippen LogP contribution is -2.43. The van der Waals surface area contributed by atoms with E-state index in [9.17, 15) is 0 Å². The van der Waals surface area contributed by atoms with Gasteiger partial charge in [-0.1, -0.05) is 0 Å². The van der Waals surface area contributed by atoms with Crippen LogP contribution in [0.2, 0.25) is 0 Å². The van der Waals surface area contributed by atoms with Gasteiger partial charge in [0.05, 0.1) is 0 Å². The monoisotopic (exact) mass is 128 g/mol. The molecule has 0 saturated carbocycles. The van der Waals surface area contributed by atoms with Crippen LogP contribution in [0, 0.1) is 0 Å². The molecule has 2 nitrogen and oxygen atoms in total. The summed E-state index contributed by atoms with van der Waals surface area (Å²) in [6, 6.07) is 1.46. The average Bonchev–Trinajstić information content (AvgIpc) is 1.88. The van der Waals surface area contributed by atoms with Crippen molar-refractivity contribution in [2.24, 2.45) is 0 Å². The lowest BCUT2D eigenvalue weighted by molar-refractivity contribution is 0.347. The fourth-order valence-electron chi connectivity index (χ4n) is 1.39. The first-order valence-electron chi connectivity index (χ1n) is 3.73. The van der Waals surface area contributed by atoms with Crippen LogP contribution in [-0.4, -0.2) is 25.7 Å². The van der Waals surface area contributed by atoms with Crippen LogP contribution in [0.15, 0.2) is 0 Å². The minimum Gasteiger partial charge on any atom is -0.317 e. The van der Waals surface area contributed by atoms with Crippen molar-refractivity contribution in [1.82, 2.24) is 10.6 Å². The van der Waals surface area contributed by atoms with Crippen molar-refractivity contribution < 1.29 is 0 Å². The molecule has 1 rings (SSSR count). The number of hydrogen-bond acceptors (Lipinski definition) is 2. The Labute approximate surface area is 57.0 Å². The number of piperidine rings is 1. The molecule has 2 heteroatoms. The van der Waals surface area contributed by atoms with E-state index < -0.39 is 0 Å². The van der Waals surface area contributed by atoms with E-state index >= 15 is 0 Å². The normalized spacial score (nSPS) is 36.7. The zero-order valence-corrected chi connectivity index (χ0v) is 6.28. The Hall–Kier alpha value is -0.0800. The van der Waals surface area contributed by atoms with Crippen molar-refractivity contribution in [3.05, 3.63) is 0 Å². The molecule has 1 fully saturated rings. The molecule has 2 atom stereocenters. The lowest BCUT2D eigenvalue weighted by atomic mass is 10.0. The van der Waals surface area contributed by atoms with E-state index in [0.29, 0.717) is 6.04 Å². The Morgan fingerprint density at radius 2 is 2.33 bits per heavy atom. The largest absolute Gasteiger partial charge is 0.317 e. The predicted molar refractivity (Wildman–Crippen MR) is 39.5 cm³/mol. The highest BCUT2D eigenvalue weighted by molar-refractivity contribution is 4.78. The highest BCUT2D eigenvalue weighted by atomic mass is 15.0. The molecule has 0 spiro atoms. The van der Waals surface area contributed by atoms with Gasteiger partial charge >= 0.3 is 0 Å². The number of nitrogens with one attached hydrogen (secondary N) is 2. The van der Waals surface area contributed by atoms with Gasteiger partial charge in [-0.15, -0.1) is 0 Å². The van der Waals surface area contributed by atoms with Gasteiger partial charge in [-0.25, -0.2) is 0 Å². The predicted octanol–water partition coefficient (Wildman–Crippen LogP) is 0.346. The van der Waals surface area contributed by atoms with E-state index in [1.807, 2.05) is 7.05 Å². The molecular formula is C7H16N2. The van der Waals surface area contributed by atoms with Crippen molar-refractivity contribution in [3.8, 4) is 0 Å². The molecule has 0 radical (unpaired) electrons. The molecule has 0 amide bonds. The first-order valence-corrected chi connectivity index (χ1v) is 3.73. The molecule has 0 aromatic rings. The summed E-state index contributed by atoms with van der Waals surface area (Å²) in [5, 5.41) is 6.70. The van der Waals surface area contributed by atoms with E-state index in [0.717, 1.165) is 6.04 Å². The summed E-state index contributed by atoms with van der Waals surface area (Å²) < 4.78 is 0. The van der Waals surface area contributed by atoms with E-state index in [4.69, 9.17) is 0 Å².